The van der Waals surface area contributed by atoms with Gasteiger partial charge in [0.25, 0.3) is 0 Å². The van der Waals surface area contributed by atoms with Crippen molar-refractivity contribution < 1.29 is 14.3 Å². The standard InChI is InChI=1S/C19H27NO3/c1-2-23-14-12-19(22)20-13-6-9-17(15-20)18(21)11-10-16-7-4-3-5-8-16/h3-5,7-8,17H,2,6,9-15H2,1H3/t17-/m1/s1. The number of nitrogens with zero attached hydrogens (tertiary/aromatic N) is 1. The van der Waals surface area contributed by atoms with Crippen LogP contribution in [0.1, 0.15) is 38.2 Å². The SMILES string of the molecule is CCOCCC(=O)N1CCC[C@@H](C(=O)CCc2ccccc2)C1. The van der Waals surface area contributed by atoms with Crippen molar-refractivity contribution in [2.24, 2.45) is 5.92 Å². The molecule has 2 rings (SSSR count). The van der Waals surface area contributed by atoms with Crippen LogP contribution in [0, 0.1) is 5.92 Å². The van der Waals surface area contributed by atoms with E-state index in [-0.39, 0.29) is 17.6 Å². The molecule has 0 spiro atoms. The molecule has 1 heterocycles. The summed E-state index contributed by atoms with van der Waals surface area (Å²) in [5.74, 6) is 0.402. The summed E-state index contributed by atoms with van der Waals surface area (Å²) in [7, 11) is 0. The van der Waals surface area contributed by atoms with Gasteiger partial charge in [0.05, 0.1) is 13.0 Å². The van der Waals surface area contributed by atoms with Crippen LogP contribution in [0.2, 0.25) is 0 Å². The fourth-order valence-electron chi connectivity index (χ4n) is 3.04. The van der Waals surface area contributed by atoms with E-state index in [0.29, 0.717) is 32.6 Å². The molecule has 23 heavy (non-hydrogen) atoms. The lowest BCUT2D eigenvalue weighted by Gasteiger charge is -2.32. The molecule has 0 unspecified atom stereocenters. The van der Waals surface area contributed by atoms with E-state index in [4.69, 9.17) is 4.74 Å². The first-order chi connectivity index (χ1) is 11.2. The number of piperidine rings is 1. The number of benzene rings is 1. The molecule has 126 valence electrons. The quantitative estimate of drug-likeness (QED) is 0.693. The molecule has 0 bridgehead atoms. The summed E-state index contributed by atoms with van der Waals surface area (Å²) < 4.78 is 5.24. The lowest BCUT2D eigenvalue weighted by Crippen LogP contribution is -2.42. The van der Waals surface area contributed by atoms with Crippen LogP contribution in [-0.2, 0) is 20.7 Å². The number of hydrogen-bond acceptors (Lipinski definition) is 3. The Hall–Kier alpha value is -1.68. The molecule has 0 N–H and O–H groups in total. The Kier molecular flexibility index (Phi) is 7.27. The van der Waals surface area contributed by atoms with Gasteiger partial charge in [-0.05, 0) is 31.7 Å². The number of rotatable bonds is 8. The molecule has 0 aliphatic carbocycles. The zero-order valence-corrected chi connectivity index (χ0v) is 14.0. The normalized spacial score (nSPS) is 18.0. The van der Waals surface area contributed by atoms with Crippen LogP contribution in [0.25, 0.3) is 0 Å². The fraction of sp³-hybridized carbons (Fsp3) is 0.579. The first kappa shape index (κ1) is 17.7. The van der Waals surface area contributed by atoms with E-state index in [2.05, 4.69) is 12.1 Å². The maximum absolute atomic E-state index is 12.4. The molecular weight excluding hydrogens is 290 g/mol. The van der Waals surface area contributed by atoms with Crippen LogP contribution < -0.4 is 0 Å². The Morgan fingerprint density at radius 3 is 2.74 bits per heavy atom. The van der Waals surface area contributed by atoms with Gasteiger partial charge in [0.2, 0.25) is 5.91 Å². The molecule has 0 saturated carbocycles. The molecule has 0 radical (unpaired) electrons. The van der Waals surface area contributed by atoms with Gasteiger partial charge in [0.1, 0.15) is 5.78 Å². The molecule has 4 heteroatoms. The minimum Gasteiger partial charge on any atom is -0.381 e. The van der Waals surface area contributed by atoms with Crippen molar-refractivity contribution in [1.82, 2.24) is 4.90 Å². The molecule has 1 fully saturated rings. The van der Waals surface area contributed by atoms with Gasteiger partial charge in [-0.1, -0.05) is 30.3 Å². The summed E-state index contributed by atoms with van der Waals surface area (Å²) in [6.45, 7) is 4.38. The summed E-state index contributed by atoms with van der Waals surface area (Å²) in [4.78, 5) is 26.4. The molecule has 1 atom stereocenters. The Labute approximate surface area is 138 Å². The summed E-state index contributed by atoms with van der Waals surface area (Å²) in [5, 5.41) is 0. The maximum Gasteiger partial charge on any atom is 0.224 e. The first-order valence-electron chi connectivity index (χ1n) is 8.63. The van der Waals surface area contributed by atoms with Crippen molar-refractivity contribution in [3.05, 3.63) is 35.9 Å². The summed E-state index contributed by atoms with van der Waals surface area (Å²) in [6, 6.07) is 10.1. The molecule has 1 aliphatic heterocycles. The number of Topliss-reactive ketones (excluding diaryl/α,β-unsaturated/α-hetero) is 1. The highest BCUT2D eigenvalue weighted by Gasteiger charge is 2.27. The van der Waals surface area contributed by atoms with Crippen molar-refractivity contribution in [3.8, 4) is 0 Å². The highest BCUT2D eigenvalue weighted by atomic mass is 16.5. The van der Waals surface area contributed by atoms with Crippen LogP contribution >= 0.6 is 0 Å². The minimum absolute atomic E-state index is 0.00325. The third-order valence-corrected chi connectivity index (χ3v) is 4.40. The monoisotopic (exact) mass is 317 g/mol. The zero-order valence-electron chi connectivity index (χ0n) is 14.0. The number of ether oxygens (including phenoxy) is 1. The average molecular weight is 317 g/mol. The molecule has 1 aliphatic rings. The third-order valence-electron chi connectivity index (χ3n) is 4.40. The number of carbonyl (C=O) groups is 2. The van der Waals surface area contributed by atoms with Crippen LogP contribution in [0.15, 0.2) is 30.3 Å². The van der Waals surface area contributed by atoms with Crippen molar-refractivity contribution in [2.45, 2.75) is 39.0 Å². The Bertz CT molecular complexity index is 501. The number of ketones is 1. The lowest BCUT2D eigenvalue weighted by molar-refractivity contribution is -0.136. The van der Waals surface area contributed by atoms with Crippen molar-refractivity contribution >= 4 is 11.7 Å². The van der Waals surface area contributed by atoms with E-state index in [9.17, 15) is 9.59 Å². The smallest absolute Gasteiger partial charge is 0.224 e. The molecule has 4 nitrogen and oxygen atoms in total. The average Bonchev–Trinajstić information content (AvgIpc) is 2.61. The molecular formula is C19H27NO3. The maximum atomic E-state index is 12.4. The molecule has 1 saturated heterocycles. The van der Waals surface area contributed by atoms with Gasteiger partial charge in [-0.2, -0.15) is 0 Å². The Morgan fingerprint density at radius 1 is 1.22 bits per heavy atom. The van der Waals surface area contributed by atoms with Gasteiger partial charge in [-0.3, -0.25) is 9.59 Å². The second-order valence-electron chi connectivity index (χ2n) is 6.08. The van der Waals surface area contributed by atoms with Gasteiger partial charge >= 0.3 is 0 Å². The van der Waals surface area contributed by atoms with Crippen LogP contribution in [0.4, 0.5) is 0 Å². The van der Waals surface area contributed by atoms with Crippen molar-refractivity contribution in [2.75, 3.05) is 26.3 Å². The van der Waals surface area contributed by atoms with E-state index in [0.717, 1.165) is 25.8 Å². The van der Waals surface area contributed by atoms with Gasteiger partial charge in [0, 0.05) is 32.0 Å². The number of likely N-dealkylation sites (tertiary alicyclic amines) is 1. The van der Waals surface area contributed by atoms with Gasteiger partial charge in [0.15, 0.2) is 0 Å². The molecule has 1 aromatic rings. The van der Waals surface area contributed by atoms with Gasteiger partial charge < -0.3 is 9.64 Å². The second kappa shape index (κ2) is 9.46. The minimum atomic E-state index is 0.00325. The predicted octanol–water partition coefficient (Wildman–Crippen LogP) is 2.85. The van der Waals surface area contributed by atoms with E-state index in [1.165, 1.54) is 5.56 Å². The summed E-state index contributed by atoms with van der Waals surface area (Å²) in [6.07, 6.45) is 3.59. The fourth-order valence-corrected chi connectivity index (χ4v) is 3.04. The lowest BCUT2D eigenvalue weighted by atomic mass is 9.90. The zero-order chi connectivity index (χ0) is 16.5. The van der Waals surface area contributed by atoms with Crippen molar-refractivity contribution in [1.29, 1.82) is 0 Å². The highest BCUT2D eigenvalue weighted by molar-refractivity contribution is 5.83. The number of carbonyl (C=O) groups excluding carboxylic acids is 2. The topological polar surface area (TPSA) is 46.6 Å². The number of amides is 1. The third kappa shape index (κ3) is 5.79. The largest absolute Gasteiger partial charge is 0.381 e. The van der Waals surface area contributed by atoms with E-state index in [1.54, 1.807) is 0 Å². The number of aryl methyl sites for hydroxylation is 1. The van der Waals surface area contributed by atoms with Crippen molar-refractivity contribution in [3.63, 3.8) is 0 Å². The first-order valence-corrected chi connectivity index (χ1v) is 8.63. The summed E-state index contributed by atoms with van der Waals surface area (Å²) in [5.41, 5.74) is 1.20. The van der Waals surface area contributed by atoms with Crippen LogP contribution in [-0.4, -0.2) is 42.9 Å². The molecule has 0 aromatic heterocycles. The molecule has 1 amide bonds. The van der Waals surface area contributed by atoms with E-state index < -0.39 is 0 Å². The van der Waals surface area contributed by atoms with E-state index in [1.807, 2.05) is 30.0 Å². The van der Waals surface area contributed by atoms with Crippen LogP contribution in [0.5, 0.6) is 0 Å². The van der Waals surface area contributed by atoms with Gasteiger partial charge in [-0.25, -0.2) is 0 Å². The Morgan fingerprint density at radius 2 is 2.00 bits per heavy atom. The van der Waals surface area contributed by atoms with E-state index >= 15 is 0 Å². The molecule has 1 aromatic carbocycles. The highest BCUT2D eigenvalue weighted by Crippen LogP contribution is 2.20. The summed E-state index contributed by atoms with van der Waals surface area (Å²) >= 11 is 0. The van der Waals surface area contributed by atoms with Gasteiger partial charge in [-0.15, -0.1) is 0 Å². The second-order valence-corrected chi connectivity index (χ2v) is 6.08. The Balaban J connectivity index is 1.78. The predicted molar refractivity (Wildman–Crippen MR) is 90.2 cm³/mol. The van der Waals surface area contributed by atoms with Crippen LogP contribution in [0.3, 0.4) is 0 Å². The number of hydrogen-bond donors (Lipinski definition) is 0.